The summed E-state index contributed by atoms with van der Waals surface area (Å²) in [6.45, 7) is 5.34. The molecule has 0 bridgehead atoms. The number of Topliss-reactive ketones (excluding diaryl/α,β-unsaturated/α-hetero) is 1. The lowest BCUT2D eigenvalue weighted by Gasteiger charge is -2.23. The summed E-state index contributed by atoms with van der Waals surface area (Å²) in [6.07, 6.45) is 0. The molecule has 0 aliphatic heterocycles. The second-order valence-corrected chi connectivity index (χ2v) is 8.28. The maximum atomic E-state index is 13.4. The van der Waals surface area contributed by atoms with Gasteiger partial charge in [-0.25, -0.2) is 0 Å². The number of nitrogens with two attached hydrogens (primary N) is 1. The van der Waals surface area contributed by atoms with Crippen molar-refractivity contribution >= 4 is 50.3 Å². The highest BCUT2D eigenvalue weighted by Gasteiger charge is 2.34. The molecule has 0 unspecified atom stereocenters. The first-order chi connectivity index (χ1) is 15.2. The number of carbonyl (C=O) groups excluding carboxylic acids is 3. The van der Waals surface area contributed by atoms with Gasteiger partial charge in [-0.3, -0.25) is 14.4 Å². The van der Waals surface area contributed by atoms with E-state index in [1.54, 1.807) is 55.5 Å². The van der Waals surface area contributed by atoms with Crippen LogP contribution in [0.3, 0.4) is 0 Å². The average molecular weight is 491 g/mol. The number of hydrogen-bond donors (Lipinski definition) is 2. The minimum atomic E-state index is -0.324. The Kier molecular flexibility index (Phi) is 5.44. The van der Waals surface area contributed by atoms with Crippen molar-refractivity contribution < 1.29 is 19.1 Å². The van der Waals surface area contributed by atoms with Crippen LogP contribution in [0.25, 0.3) is 0 Å². The summed E-state index contributed by atoms with van der Waals surface area (Å²) >= 11 is 3.39. The van der Waals surface area contributed by atoms with Gasteiger partial charge in [0.2, 0.25) is 0 Å². The average Bonchev–Trinajstić information content (AvgIpc) is 2.79. The van der Waals surface area contributed by atoms with Crippen molar-refractivity contribution in [3.05, 3.63) is 93.0 Å². The molecule has 4 rings (SSSR count). The van der Waals surface area contributed by atoms with Crippen molar-refractivity contribution in [2.75, 3.05) is 18.2 Å². The number of rotatable bonds is 5. The van der Waals surface area contributed by atoms with Crippen LogP contribution in [-0.4, -0.2) is 24.5 Å². The third kappa shape index (κ3) is 3.40. The summed E-state index contributed by atoms with van der Waals surface area (Å²) in [5.74, 6) is -0.392. The number of nitrogens with one attached hydrogen (secondary N) is 1. The quantitative estimate of drug-likeness (QED) is 0.223. The molecule has 0 aromatic heterocycles. The normalized spacial score (nSPS) is 12.1. The molecule has 0 saturated carbocycles. The minimum absolute atomic E-state index is 0.138. The Morgan fingerprint density at radius 3 is 2.22 bits per heavy atom. The number of halogens is 1. The first-order valence-electron chi connectivity index (χ1n) is 9.70. The van der Waals surface area contributed by atoms with Crippen molar-refractivity contribution in [3.63, 3.8) is 0 Å². The molecular formula is C25H19BrN2O4. The number of carbonyl (C=O) groups is 3. The highest BCUT2D eigenvalue weighted by Crippen LogP contribution is 2.41. The number of allylic oxidation sites excluding steroid dienone is 1. The summed E-state index contributed by atoms with van der Waals surface area (Å²) in [5, 5.41) is 3.17. The maximum absolute atomic E-state index is 13.4. The van der Waals surface area contributed by atoms with Crippen LogP contribution in [0.15, 0.2) is 65.2 Å². The molecule has 0 spiro atoms. The fourth-order valence-corrected chi connectivity index (χ4v) is 4.15. The van der Waals surface area contributed by atoms with Crippen LogP contribution in [0.2, 0.25) is 0 Å². The summed E-state index contributed by atoms with van der Waals surface area (Å²) in [4.78, 5) is 39.0. The minimum Gasteiger partial charge on any atom is -0.495 e. The first-order valence-corrected chi connectivity index (χ1v) is 10.5. The lowest BCUT2D eigenvalue weighted by atomic mass is 9.82. The van der Waals surface area contributed by atoms with Gasteiger partial charge in [-0.05, 0) is 52.7 Å². The van der Waals surface area contributed by atoms with E-state index in [4.69, 9.17) is 10.5 Å². The zero-order valence-electron chi connectivity index (χ0n) is 17.4. The molecule has 3 N–H and O–H groups in total. The standard InChI is InChI=1S/C25H19BrN2O4/c1-12(2)23(29)13-8-9-19(32-3)17(10-13)28-18-11-16(26)22(27)21-20(18)24(30)14-6-4-5-7-15(14)25(21)31/h4-11,28H,1,27H2,2-3H3. The van der Waals surface area contributed by atoms with E-state index in [1.807, 2.05) is 0 Å². The molecule has 0 atom stereocenters. The summed E-state index contributed by atoms with van der Waals surface area (Å²) in [5.41, 5.74) is 8.96. The first kappa shape index (κ1) is 21.5. The summed E-state index contributed by atoms with van der Waals surface area (Å²) < 4.78 is 5.90. The van der Waals surface area contributed by atoms with Gasteiger partial charge in [0.1, 0.15) is 5.75 Å². The van der Waals surface area contributed by atoms with E-state index in [2.05, 4.69) is 27.8 Å². The molecule has 7 heteroatoms. The highest BCUT2D eigenvalue weighted by molar-refractivity contribution is 9.10. The Balaban J connectivity index is 1.91. The van der Waals surface area contributed by atoms with Crippen molar-refractivity contribution in [1.29, 1.82) is 0 Å². The van der Waals surface area contributed by atoms with Crippen LogP contribution in [0, 0.1) is 0 Å². The largest absolute Gasteiger partial charge is 0.495 e. The Hall–Kier alpha value is -3.71. The lowest BCUT2D eigenvalue weighted by Crippen LogP contribution is -2.24. The second-order valence-electron chi connectivity index (χ2n) is 7.42. The number of hydrogen-bond acceptors (Lipinski definition) is 6. The predicted octanol–water partition coefficient (Wildman–Crippen LogP) is 5.32. The Morgan fingerprint density at radius 2 is 1.62 bits per heavy atom. The van der Waals surface area contributed by atoms with Crippen molar-refractivity contribution in [2.45, 2.75) is 6.92 Å². The topological polar surface area (TPSA) is 98.5 Å². The molecule has 0 heterocycles. The highest BCUT2D eigenvalue weighted by atomic mass is 79.9. The molecule has 6 nitrogen and oxygen atoms in total. The molecule has 1 aliphatic carbocycles. The summed E-state index contributed by atoms with van der Waals surface area (Å²) in [6, 6.07) is 13.2. The van der Waals surface area contributed by atoms with Gasteiger partial charge in [0, 0.05) is 21.2 Å². The summed E-state index contributed by atoms with van der Waals surface area (Å²) in [7, 11) is 1.50. The van der Waals surface area contributed by atoms with Crippen LogP contribution in [0.4, 0.5) is 17.1 Å². The molecule has 0 fully saturated rings. The van der Waals surface area contributed by atoms with E-state index >= 15 is 0 Å². The number of ketones is 3. The molecule has 160 valence electrons. The SMILES string of the molecule is C=C(C)C(=O)c1ccc(OC)c(Nc2cc(Br)c(N)c3c2C(=O)c2ccccc2C3=O)c1. The number of ether oxygens (including phenoxy) is 1. The van der Waals surface area contributed by atoms with Gasteiger partial charge in [-0.2, -0.15) is 0 Å². The number of anilines is 3. The Bertz CT molecular complexity index is 1340. The number of methoxy groups -OCH3 is 1. The van der Waals surface area contributed by atoms with Crippen molar-refractivity contribution in [3.8, 4) is 5.75 Å². The number of fused-ring (bicyclic) bond motifs is 2. The van der Waals surface area contributed by atoms with Gasteiger partial charge in [0.15, 0.2) is 17.3 Å². The van der Waals surface area contributed by atoms with Gasteiger partial charge in [0.05, 0.1) is 35.3 Å². The molecule has 0 radical (unpaired) electrons. The van der Waals surface area contributed by atoms with Crippen LogP contribution in [-0.2, 0) is 0 Å². The second kappa shape index (κ2) is 8.09. The van der Waals surface area contributed by atoms with Gasteiger partial charge in [-0.1, -0.05) is 30.8 Å². The van der Waals surface area contributed by atoms with Gasteiger partial charge in [-0.15, -0.1) is 0 Å². The third-order valence-corrected chi connectivity index (χ3v) is 5.96. The van der Waals surface area contributed by atoms with Crippen LogP contribution in [0.1, 0.15) is 49.1 Å². The molecule has 0 saturated heterocycles. The van der Waals surface area contributed by atoms with Crippen molar-refractivity contribution in [2.24, 2.45) is 0 Å². The fourth-order valence-electron chi connectivity index (χ4n) is 3.72. The molecule has 3 aromatic rings. The number of benzene rings is 3. The van der Waals surface area contributed by atoms with E-state index in [0.29, 0.717) is 43.9 Å². The van der Waals surface area contributed by atoms with Crippen molar-refractivity contribution in [1.82, 2.24) is 0 Å². The smallest absolute Gasteiger partial charge is 0.196 e. The van der Waals surface area contributed by atoms with E-state index in [9.17, 15) is 14.4 Å². The van der Waals surface area contributed by atoms with Crippen LogP contribution < -0.4 is 15.8 Å². The molecule has 32 heavy (non-hydrogen) atoms. The van der Waals surface area contributed by atoms with E-state index in [-0.39, 0.29) is 34.2 Å². The van der Waals surface area contributed by atoms with Crippen LogP contribution in [0.5, 0.6) is 5.75 Å². The third-order valence-electron chi connectivity index (χ3n) is 5.31. The number of nitrogen functional groups attached to an aromatic ring is 1. The molecular weight excluding hydrogens is 472 g/mol. The fraction of sp³-hybridized carbons (Fsp3) is 0.0800. The van der Waals surface area contributed by atoms with Gasteiger partial charge in [0.25, 0.3) is 0 Å². The molecule has 1 aliphatic rings. The Labute approximate surface area is 193 Å². The monoisotopic (exact) mass is 490 g/mol. The van der Waals surface area contributed by atoms with E-state index < -0.39 is 0 Å². The lowest BCUT2D eigenvalue weighted by molar-refractivity contribution is 0.0980. The molecule has 3 aromatic carbocycles. The van der Waals surface area contributed by atoms with Gasteiger partial charge >= 0.3 is 0 Å². The van der Waals surface area contributed by atoms with E-state index in [1.165, 1.54) is 7.11 Å². The van der Waals surface area contributed by atoms with Gasteiger partial charge < -0.3 is 15.8 Å². The maximum Gasteiger partial charge on any atom is 0.196 e. The Morgan fingerprint density at radius 1 is 1.00 bits per heavy atom. The predicted molar refractivity (Wildman–Crippen MR) is 127 cm³/mol. The van der Waals surface area contributed by atoms with Crippen LogP contribution >= 0.6 is 15.9 Å². The zero-order valence-corrected chi connectivity index (χ0v) is 19.0. The zero-order chi connectivity index (χ0) is 23.2. The molecule has 0 amide bonds. The van der Waals surface area contributed by atoms with E-state index in [0.717, 1.165) is 0 Å².